The molecule has 1 aromatic carbocycles. The topological polar surface area (TPSA) is 93.8 Å². The molecule has 8 nitrogen and oxygen atoms in total. The van der Waals surface area contributed by atoms with Crippen molar-refractivity contribution in [1.29, 1.82) is 0 Å². The van der Waals surface area contributed by atoms with Gasteiger partial charge in [-0.2, -0.15) is 0 Å². The van der Waals surface area contributed by atoms with Crippen molar-refractivity contribution in [2.45, 2.75) is 13.8 Å². The van der Waals surface area contributed by atoms with Crippen LogP contribution in [0.2, 0.25) is 0 Å². The first-order valence-electron chi connectivity index (χ1n) is 8.71. The maximum Gasteiger partial charge on any atom is 0.321 e. The van der Waals surface area contributed by atoms with Crippen LogP contribution in [0.15, 0.2) is 18.2 Å². The molecule has 1 saturated heterocycles. The van der Waals surface area contributed by atoms with Crippen LogP contribution in [0.25, 0.3) is 0 Å². The summed E-state index contributed by atoms with van der Waals surface area (Å²) in [5.74, 6) is -0.362. The SMILES string of the molecule is CNC(=O)NC(=O)CN1CCN(CC(=O)Nc2c(C)cccc2C)CC1. The lowest BCUT2D eigenvalue weighted by molar-refractivity contribution is -0.122. The van der Waals surface area contributed by atoms with Gasteiger partial charge in [0.2, 0.25) is 11.8 Å². The maximum atomic E-state index is 12.3. The zero-order valence-corrected chi connectivity index (χ0v) is 15.6. The minimum absolute atomic E-state index is 0.0341. The van der Waals surface area contributed by atoms with E-state index in [0.717, 1.165) is 16.8 Å². The number of anilines is 1. The van der Waals surface area contributed by atoms with E-state index in [1.54, 1.807) is 0 Å². The number of para-hydroxylation sites is 1. The number of nitrogens with one attached hydrogen (secondary N) is 3. The van der Waals surface area contributed by atoms with Crippen molar-refractivity contribution in [2.75, 3.05) is 51.6 Å². The first-order valence-corrected chi connectivity index (χ1v) is 8.71. The lowest BCUT2D eigenvalue weighted by Crippen LogP contribution is -2.52. The Bertz CT molecular complexity index is 649. The molecule has 1 aliphatic rings. The van der Waals surface area contributed by atoms with E-state index in [1.165, 1.54) is 7.05 Å². The van der Waals surface area contributed by atoms with E-state index < -0.39 is 6.03 Å². The normalized spacial score (nSPS) is 15.3. The van der Waals surface area contributed by atoms with Gasteiger partial charge in [0, 0.05) is 38.9 Å². The molecule has 1 fully saturated rings. The van der Waals surface area contributed by atoms with E-state index in [1.807, 2.05) is 36.9 Å². The van der Waals surface area contributed by atoms with Crippen molar-refractivity contribution >= 4 is 23.5 Å². The molecular weight excluding hydrogens is 334 g/mol. The number of amides is 4. The molecule has 0 aliphatic carbocycles. The van der Waals surface area contributed by atoms with Gasteiger partial charge >= 0.3 is 6.03 Å². The van der Waals surface area contributed by atoms with Crippen molar-refractivity contribution in [3.8, 4) is 0 Å². The number of carbonyl (C=O) groups is 3. The van der Waals surface area contributed by atoms with Crippen LogP contribution in [0.5, 0.6) is 0 Å². The van der Waals surface area contributed by atoms with Crippen LogP contribution in [-0.2, 0) is 9.59 Å². The molecule has 8 heteroatoms. The third kappa shape index (κ3) is 5.82. The van der Waals surface area contributed by atoms with Gasteiger partial charge in [-0.25, -0.2) is 4.79 Å². The summed E-state index contributed by atoms with van der Waals surface area (Å²) < 4.78 is 0. The predicted molar refractivity (Wildman–Crippen MR) is 100 cm³/mol. The molecule has 4 amide bonds. The number of nitrogens with zero attached hydrogens (tertiary/aromatic N) is 2. The maximum absolute atomic E-state index is 12.3. The largest absolute Gasteiger partial charge is 0.341 e. The second kappa shape index (κ2) is 9.30. The fourth-order valence-electron chi connectivity index (χ4n) is 2.93. The van der Waals surface area contributed by atoms with E-state index in [4.69, 9.17) is 0 Å². The van der Waals surface area contributed by atoms with Gasteiger partial charge in [0.15, 0.2) is 0 Å². The Morgan fingerprint density at radius 2 is 1.42 bits per heavy atom. The van der Waals surface area contributed by atoms with Gasteiger partial charge < -0.3 is 10.6 Å². The number of hydrogen-bond donors (Lipinski definition) is 3. The fraction of sp³-hybridized carbons (Fsp3) is 0.500. The molecular formula is C18H27N5O3. The van der Waals surface area contributed by atoms with E-state index >= 15 is 0 Å². The minimum Gasteiger partial charge on any atom is -0.341 e. The van der Waals surface area contributed by atoms with Crippen LogP contribution in [0.4, 0.5) is 10.5 Å². The van der Waals surface area contributed by atoms with Crippen LogP contribution in [-0.4, -0.2) is 74.0 Å². The average molecular weight is 361 g/mol. The van der Waals surface area contributed by atoms with E-state index in [-0.39, 0.29) is 18.4 Å². The molecule has 0 aromatic heterocycles. The molecule has 0 radical (unpaired) electrons. The number of hydrogen-bond acceptors (Lipinski definition) is 5. The standard InChI is InChI=1S/C18H27N5O3/c1-13-5-4-6-14(2)17(13)20-15(24)11-22-7-9-23(10-8-22)12-16(25)21-18(26)19-3/h4-6H,7-12H2,1-3H3,(H,20,24)(H2,19,21,25,26). The van der Waals surface area contributed by atoms with Gasteiger partial charge in [-0.1, -0.05) is 18.2 Å². The first-order chi connectivity index (χ1) is 12.4. The summed E-state index contributed by atoms with van der Waals surface area (Å²) in [5, 5.41) is 7.59. The quantitative estimate of drug-likeness (QED) is 0.702. The third-order valence-electron chi connectivity index (χ3n) is 4.42. The van der Waals surface area contributed by atoms with Gasteiger partial charge in [-0.15, -0.1) is 0 Å². The molecule has 0 spiro atoms. The molecule has 1 aliphatic heterocycles. The van der Waals surface area contributed by atoms with Crippen molar-refractivity contribution < 1.29 is 14.4 Å². The van der Waals surface area contributed by atoms with Crippen LogP contribution in [0, 0.1) is 13.8 Å². The highest BCUT2D eigenvalue weighted by molar-refractivity contribution is 5.95. The summed E-state index contributed by atoms with van der Waals surface area (Å²) in [4.78, 5) is 39.2. The Morgan fingerprint density at radius 1 is 0.923 bits per heavy atom. The van der Waals surface area contributed by atoms with Gasteiger partial charge in [-0.3, -0.25) is 24.7 Å². The van der Waals surface area contributed by atoms with E-state index in [9.17, 15) is 14.4 Å². The molecule has 26 heavy (non-hydrogen) atoms. The highest BCUT2D eigenvalue weighted by atomic mass is 16.2. The zero-order chi connectivity index (χ0) is 19.1. The molecule has 1 aromatic rings. The molecule has 0 unspecified atom stereocenters. The van der Waals surface area contributed by atoms with Crippen LogP contribution in [0.3, 0.4) is 0 Å². The van der Waals surface area contributed by atoms with Gasteiger partial charge in [0.25, 0.3) is 0 Å². The summed E-state index contributed by atoms with van der Waals surface area (Å²) >= 11 is 0. The predicted octanol–water partition coefficient (Wildman–Crippen LogP) is 0.315. The third-order valence-corrected chi connectivity index (χ3v) is 4.42. The van der Waals surface area contributed by atoms with Gasteiger partial charge in [0.05, 0.1) is 13.1 Å². The van der Waals surface area contributed by atoms with Crippen LogP contribution in [0.1, 0.15) is 11.1 Å². The minimum atomic E-state index is -0.503. The Labute approximate surface area is 153 Å². The number of carbonyl (C=O) groups excluding carboxylic acids is 3. The average Bonchev–Trinajstić information content (AvgIpc) is 2.60. The van der Waals surface area contributed by atoms with E-state index in [2.05, 4.69) is 20.9 Å². The molecule has 0 saturated carbocycles. The lowest BCUT2D eigenvalue weighted by atomic mass is 10.1. The number of urea groups is 1. The van der Waals surface area contributed by atoms with Crippen molar-refractivity contribution in [1.82, 2.24) is 20.4 Å². The lowest BCUT2D eigenvalue weighted by Gasteiger charge is -2.33. The summed E-state index contributed by atoms with van der Waals surface area (Å²) in [5.41, 5.74) is 2.97. The number of aryl methyl sites for hydroxylation is 2. The number of benzene rings is 1. The summed E-state index contributed by atoms with van der Waals surface area (Å²) in [7, 11) is 1.46. The monoisotopic (exact) mass is 361 g/mol. The second-order valence-electron chi connectivity index (χ2n) is 6.49. The van der Waals surface area contributed by atoms with Crippen LogP contribution < -0.4 is 16.0 Å². The van der Waals surface area contributed by atoms with Gasteiger partial charge in [0.1, 0.15) is 0 Å². The van der Waals surface area contributed by atoms with Gasteiger partial charge in [-0.05, 0) is 25.0 Å². The highest BCUT2D eigenvalue weighted by Gasteiger charge is 2.21. The fourth-order valence-corrected chi connectivity index (χ4v) is 2.93. The molecule has 3 N–H and O–H groups in total. The summed E-state index contributed by atoms with van der Waals surface area (Å²) in [6, 6.07) is 5.42. The van der Waals surface area contributed by atoms with Crippen molar-refractivity contribution in [3.63, 3.8) is 0 Å². The number of rotatable bonds is 5. The zero-order valence-electron chi connectivity index (χ0n) is 15.6. The number of imide groups is 1. The molecule has 2 rings (SSSR count). The Morgan fingerprint density at radius 3 is 1.92 bits per heavy atom. The summed E-state index contributed by atoms with van der Waals surface area (Å²) in [6.45, 7) is 7.22. The molecule has 142 valence electrons. The van der Waals surface area contributed by atoms with Crippen LogP contribution >= 0.6 is 0 Å². The Hall–Kier alpha value is -2.45. The molecule has 1 heterocycles. The van der Waals surface area contributed by atoms with Crippen molar-refractivity contribution in [2.24, 2.45) is 0 Å². The Kier molecular flexibility index (Phi) is 7.11. The highest BCUT2D eigenvalue weighted by Crippen LogP contribution is 2.19. The molecule has 0 bridgehead atoms. The summed E-state index contributed by atoms with van der Waals surface area (Å²) in [6.07, 6.45) is 0. The number of piperazine rings is 1. The smallest absolute Gasteiger partial charge is 0.321 e. The molecule has 0 atom stereocenters. The van der Waals surface area contributed by atoms with Crippen molar-refractivity contribution in [3.05, 3.63) is 29.3 Å². The Balaban J connectivity index is 1.75. The first kappa shape index (κ1) is 19.9. The second-order valence-corrected chi connectivity index (χ2v) is 6.49. The van der Waals surface area contributed by atoms with E-state index in [0.29, 0.717) is 32.7 Å².